The Morgan fingerprint density at radius 1 is 1.50 bits per heavy atom. The summed E-state index contributed by atoms with van der Waals surface area (Å²) in [7, 11) is 2.10. The van der Waals surface area contributed by atoms with E-state index in [1.165, 1.54) is 8.79 Å². The highest BCUT2D eigenvalue weighted by Gasteiger charge is 2.12. The molecule has 0 bridgehead atoms. The molecule has 2 nitrogen and oxygen atoms in total. The SMILES string of the molecule is CN(CCC(C)(C)N)c1ccc(Br)s1. The fraction of sp³-hybridized carbons (Fsp3) is 0.600. The van der Waals surface area contributed by atoms with Gasteiger partial charge in [0.15, 0.2) is 0 Å². The van der Waals surface area contributed by atoms with Crippen LogP contribution in [0.25, 0.3) is 0 Å². The van der Waals surface area contributed by atoms with Crippen LogP contribution in [0.5, 0.6) is 0 Å². The Kier molecular flexibility index (Phi) is 3.98. The van der Waals surface area contributed by atoms with Gasteiger partial charge in [0.1, 0.15) is 0 Å². The molecule has 0 saturated heterocycles. The Morgan fingerprint density at radius 3 is 2.57 bits per heavy atom. The van der Waals surface area contributed by atoms with Crippen LogP contribution in [-0.4, -0.2) is 19.1 Å². The second-order valence-corrected chi connectivity index (χ2v) is 6.68. The van der Waals surface area contributed by atoms with Gasteiger partial charge in [0.25, 0.3) is 0 Å². The first-order valence-electron chi connectivity index (χ1n) is 4.64. The van der Waals surface area contributed by atoms with Gasteiger partial charge in [-0.15, -0.1) is 11.3 Å². The molecule has 2 N–H and O–H groups in total. The topological polar surface area (TPSA) is 29.3 Å². The number of hydrogen-bond acceptors (Lipinski definition) is 3. The molecule has 0 unspecified atom stereocenters. The van der Waals surface area contributed by atoms with Gasteiger partial charge in [-0.3, -0.25) is 0 Å². The lowest BCUT2D eigenvalue weighted by atomic mass is 10.0. The maximum absolute atomic E-state index is 5.93. The lowest BCUT2D eigenvalue weighted by Gasteiger charge is -2.23. The Morgan fingerprint density at radius 2 is 2.14 bits per heavy atom. The number of rotatable bonds is 4. The predicted octanol–water partition coefficient (Wildman–Crippen LogP) is 3.07. The molecular formula is C10H17BrN2S. The van der Waals surface area contributed by atoms with E-state index in [2.05, 4.69) is 53.9 Å². The molecule has 1 rings (SSSR count). The summed E-state index contributed by atoms with van der Waals surface area (Å²) in [6.07, 6.45) is 0.999. The molecule has 0 aromatic carbocycles. The van der Waals surface area contributed by atoms with Crippen molar-refractivity contribution in [1.29, 1.82) is 0 Å². The quantitative estimate of drug-likeness (QED) is 0.916. The summed E-state index contributed by atoms with van der Waals surface area (Å²) in [5.74, 6) is 0. The predicted molar refractivity (Wildman–Crippen MR) is 68.2 cm³/mol. The molecule has 1 aromatic heterocycles. The van der Waals surface area contributed by atoms with Gasteiger partial charge < -0.3 is 10.6 Å². The first kappa shape index (κ1) is 12.0. The van der Waals surface area contributed by atoms with E-state index in [-0.39, 0.29) is 5.54 Å². The minimum absolute atomic E-state index is 0.0806. The van der Waals surface area contributed by atoms with Crippen LogP contribution in [0, 0.1) is 0 Å². The number of anilines is 1. The molecule has 1 aromatic rings. The van der Waals surface area contributed by atoms with Gasteiger partial charge in [0.05, 0.1) is 8.79 Å². The van der Waals surface area contributed by atoms with E-state index in [0.29, 0.717) is 0 Å². The third kappa shape index (κ3) is 3.98. The van der Waals surface area contributed by atoms with E-state index in [1.54, 1.807) is 11.3 Å². The van der Waals surface area contributed by atoms with Crippen molar-refractivity contribution in [2.75, 3.05) is 18.5 Å². The second-order valence-electron chi connectivity index (χ2n) is 4.24. The number of nitrogens with zero attached hydrogens (tertiary/aromatic N) is 1. The van der Waals surface area contributed by atoms with Crippen LogP contribution >= 0.6 is 27.3 Å². The minimum atomic E-state index is -0.0806. The molecular weight excluding hydrogens is 260 g/mol. The largest absolute Gasteiger partial charge is 0.366 e. The summed E-state index contributed by atoms with van der Waals surface area (Å²) in [6.45, 7) is 5.12. The highest BCUT2D eigenvalue weighted by molar-refractivity contribution is 9.11. The van der Waals surface area contributed by atoms with Crippen LogP contribution in [0.4, 0.5) is 5.00 Å². The van der Waals surface area contributed by atoms with Crippen molar-refractivity contribution in [3.63, 3.8) is 0 Å². The summed E-state index contributed by atoms with van der Waals surface area (Å²) in [6, 6.07) is 4.20. The third-order valence-electron chi connectivity index (χ3n) is 2.03. The Labute approximate surface area is 98.2 Å². The van der Waals surface area contributed by atoms with Crippen LogP contribution in [0.3, 0.4) is 0 Å². The van der Waals surface area contributed by atoms with Gasteiger partial charge in [-0.2, -0.15) is 0 Å². The highest BCUT2D eigenvalue weighted by atomic mass is 79.9. The molecule has 0 spiro atoms. The maximum atomic E-state index is 5.93. The maximum Gasteiger partial charge on any atom is 0.0917 e. The van der Waals surface area contributed by atoms with E-state index in [0.717, 1.165) is 13.0 Å². The number of thiophene rings is 1. The Bertz CT molecular complexity index is 291. The summed E-state index contributed by atoms with van der Waals surface area (Å²) < 4.78 is 1.17. The van der Waals surface area contributed by atoms with Crippen molar-refractivity contribution >= 4 is 32.3 Å². The Balaban J connectivity index is 2.47. The monoisotopic (exact) mass is 276 g/mol. The molecule has 0 amide bonds. The van der Waals surface area contributed by atoms with Crippen molar-refractivity contribution < 1.29 is 0 Å². The zero-order chi connectivity index (χ0) is 10.8. The van der Waals surface area contributed by atoms with E-state index in [4.69, 9.17) is 5.73 Å². The van der Waals surface area contributed by atoms with Crippen LogP contribution < -0.4 is 10.6 Å². The van der Waals surface area contributed by atoms with E-state index in [9.17, 15) is 0 Å². The zero-order valence-electron chi connectivity index (χ0n) is 8.88. The van der Waals surface area contributed by atoms with E-state index < -0.39 is 0 Å². The summed E-state index contributed by atoms with van der Waals surface area (Å²) in [5, 5.41) is 1.28. The van der Waals surface area contributed by atoms with Crippen molar-refractivity contribution in [2.24, 2.45) is 5.73 Å². The minimum Gasteiger partial charge on any atom is -0.366 e. The van der Waals surface area contributed by atoms with Gasteiger partial charge >= 0.3 is 0 Å². The second kappa shape index (κ2) is 4.64. The molecule has 0 saturated carbocycles. The highest BCUT2D eigenvalue weighted by Crippen LogP contribution is 2.29. The molecule has 80 valence electrons. The van der Waals surface area contributed by atoms with Gasteiger partial charge in [-0.1, -0.05) is 0 Å². The van der Waals surface area contributed by atoms with Gasteiger partial charge in [-0.05, 0) is 48.3 Å². The molecule has 0 radical (unpaired) electrons. The number of nitrogens with two attached hydrogens (primary N) is 1. The van der Waals surface area contributed by atoms with Crippen LogP contribution in [0.15, 0.2) is 15.9 Å². The summed E-state index contributed by atoms with van der Waals surface area (Å²) in [5.41, 5.74) is 5.85. The number of halogens is 1. The molecule has 1 heterocycles. The van der Waals surface area contributed by atoms with Gasteiger partial charge in [0.2, 0.25) is 0 Å². The summed E-state index contributed by atoms with van der Waals surface area (Å²) >= 11 is 5.21. The fourth-order valence-corrected chi connectivity index (χ4v) is 2.42. The number of hydrogen-bond donors (Lipinski definition) is 1. The van der Waals surface area contributed by atoms with Crippen LogP contribution in [-0.2, 0) is 0 Å². The van der Waals surface area contributed by atoms with Crippen LogP contribution in [0.1, 0.15) is 20.3 Å². The van der Waals surface area contributed by atoms with Crippen molar-refractivity contribution in [3.8, 4) is 0 Å². The molecule has 4 heteroatoms. The third-order valence-corrected chi connectivity index (χ3v) is 3.76. The van der Waals surface area contributed by atoms with Gasteiger partial charge in [0, 0.05) is 19.1 Å². The molecule has 0 fully saturated rings. The summed E-state index contributed by atoms with van der Waals surface area (Å²) in [4.78, 5) is 2.24. The van der Waals surface area contributed by atoms with Crippen molar-refractivity contribution in [1.82, 2.24) is 0 Å². The van der Waals surface area contributed by atoms with Crippen LogP contribution in [0.2, 0.25) is 0 Å². The fourth-order valence-electron chi connectivity index (χ4n) is 1.08. The van der Waals surface area contributed by atoms with Gasteiger partial charge in [-0.25, -0.2) is 0 Å². The smallest absolute Gasteiger partial charge is 0.0917 e. The average Bonchev–Trinajstić information content (AvgIpc) is 2.46. The van der Waals surface area contributed by atoms with Crippen molar-refractivity contribution in [3.05, 3.63) is 15.9 Å². The van der Waals surface area contributed by atoms with E-state index in [1.807, 2.05) is 0 Å². The molecule has 0 aliphatic heterocycles. The first-order chi connectivity index (χ1) is 6.38. The zero-order valence-corrected chi connectivity index (χ0v) is 11.3. The normalized spacial score (nSPS) is 11.8. The molecule has 0 aliphatic rings. The van der Waals surface area contributed by atoms with E-state index >= 15 is 0 Å². The molecule has 0 aliphatic carbocycles. The lowest BCUT2D eigenvalue weighted by molar-refractivity contribution is 0.479. The molecule has 14 heavy (non-hydrogen) atoms. The van der Waals surface area contributed by atoms with Crippen molar-refractivity contribution in [2.45, 2.75) is 25.8 Å². The lowest BCUT2D eigenvalue weighted by Crippen LogP contribution is -2.36. The first-order valence-corrected chi connectivity index (χ1v) is 6.25. The average molecular weight is 277 g/mol. The standard InChI is InChI=1S/C10H17BrN2S/c1-10(2,12)6-7-13(3)9-5-4-8(11)14-9/h4-5H,6-7,12H2,1-3H3. The Hall–Kier alpha value is -0.0600. The molecule has 0 atom stereocenters.